The predicted octanol–water partition coefficient (Wildman–Crippen LogP) is 5.27. The van der Waals surface area contributed by atoms with E-state index in [9.17, 15) is 9.90 Å². The molecule has 0 aliphatic rings. The van der Waals surface area contributed by atoms with Crippen LogP contribution in [0.5, 0.6) is 17.2 Å². The summed E-state index contributed by atoms with van der Waals surface area (Å²) in [6.07, 6.45) is 2.52. The molecule has 5 heteroatoms. The Labute approximate surface area is 170 Å². The van der Waals surface area contributed by atoms with E-state index < -0.39 is 5.97 Å². The van der Waals surface area contributed by atoms with Crippen LogP contribution in [-0.2, 0) is 4.79 Å². The van der Waals surface area contributed by atoms with E-state index >= 15 is 0 Å². The second-order valence-corrected chi connectivity index (χ2v) is 6.48. The fourth-order valence-corrected chi connectivity index (χ4v) is 3.18. The van der Waals surface area contributed by atoms with E-state index in [2.05, 4.69) is 0 Å². The minimum Gasteiger partial charge on any atom is -0.493 e. The largest absolute Gasteiger partial charge is 0.493 e. The van der Waals surface area contributed by atoms with Crippen LogP contribution in [0.2, 0.25) is 0 Å². The quantitative estimate of drug-likeness (QED) is 0.418. The van der Waals surface area contributed by atoms with Gasteiger partial charge < -0.3 is 19.3 Å². The Hall–Kier alpha value is -3.47. The summed E-state index contributed by atoms with van der Waals surface area (Å²) in [5.41, 5.74) is 1.40. The number of rotatable bonds is 8. The van der Waals surface area contributed by atoms with Gasteiger partial charge in [0.15, 0.2) is 11.5 Å². The molecule has 0 fully saturated rings. The normalized spacial score (nSPS) is 11.3. The average molecular weight is 392 g/mol. The molecule has 3 aromatic carbocycles. The number of carboxylic acids is 1. The Kier molecular flexibility index (Phi) is 6.39. The number of benzene rings is 3. The molecule has 0 unspecified atom stereocenters. The molecule has 0 amide bonds. The van der Waals surface area contributed by atoms with Gasteiger partial charge in [-0.15, -0.1) is 0 Å². The summed E-state index contributed by atoms with van der Waals surface area (Å²) in [7, 11) is 3.06. The van der Waals surface area contributed by atoms with Gasteiger partial charge in [0.25, 0.3) is 0 Å². The maximum Gasteiger partial charge on any atom is 0.336 e. The highest BCUT2D eigenvalue weighted by molar-refractivity contribution is 6.22. The van der Waals surface area contributed by atoms with Crippen LogP contribution < -0.4 is 14.2 Å². The number of hydrogen-bond acceptors (Lipinski definition) is 4. The summed E-state index contributed by atoms with van der Waals surface area (Å²) in [6.45, 7) is 2.58. The summed E-state index contributed by atoms with van der Waals surface area (Å²) < 4.78 is 16.5. The zero-order valence-corrected chi connectivity index (χ0v) is 16.8. The summed E-state index contributed by atoms with van der Waals surface area (Å²) >= 11 is 0. The van der Waals surface area contributed by atoms with Crippen LogP contribution >= 0.6 is 0 Å². The minimum atomic E-state index is -1.04. The van der Waals surface area contributed by atoms with Crippen molar-refractivity contribution in [2.75, 3.05) is 20.8 Å². The Morgan fingerprint density at radius 3 is 2.38 bits per heavy atom. The highest BCUT2D eigenvalue weighted by atomic mass is 16.5. The third kappa shape index (κ3) is 4.35. The van der Waals surface area contributed by atoms with E-state index in [-0.39, 0.29) is 5.57 Å². The zero-order chi connectivity index (χ0) is 20.8. The third-order valence-electron chi connectivity index (χ3n) is 4.61. The molecule has 3 rings (SSSR count). The first-order chi connectivity index (χ1) is 14.1. The number of carbonyl (C=O) groups is 1. The first-order valence-corrected chi connectivity index (χ1v) is 9.41. The standard InChI is InChI=1S/C24H24O5/c1-4-13-29-21-11-9-16-7-5-6-8-18(16)20(21)15-19(24(25)26)17-10-12-22(27-2)23(14-17)28-3/h5-12,14-15H,4,13H2,1-3H3,(H,25,26)/b19-15+. The molecule has 0 aliphatic carbocycles. The number of ether oxygens (including phenoxy) is 3. The van der Waals surface area contributed by atoms with Crippen LogP contribution in [0.1, 0.15) is 24.5 Å². The molecule has 0 bridgehead atoms. The molecule has 0 saturated carbocycles. The van der Waals surface area contributed by atoms with Gasteiger partial charge in [-0.1, -0.05) is 43.3 Å². The molecule has 0 heterocycles. The van der Waals surface area contributed by atoms with E-state index in [1.165, 1.54) is 7.11 Å². The Morgan fingerprint density at radius 1 is 0.966 bits per heavy atom. The van der Waals surface area contributed by atoms with Gasteiger partial charge in [-0.25, -0.2) is 4.79 Å². The van der Waals surface area contributed by atoms with Crippen LogP contribution in [0.25, 0.3) is 22.4 Å². The first kappa shape index (κ1) is 20.3. The van der Waals surface area contributed by atoms with Crippen molar-refractivity contribution in [3.8, 4) is 17.2 Å². The third-order valence-corrected chi connectivity index (χ3v) is 4.61. The fourth-order valence-electron chi connectivity index (χ4n) is 3.18. The lowest BCUT2D eigenvalue weighted by Crippen LogP contribution is -2.02. The molecule has 150 valence electrons. The van der Waals surface area contributed by atoms with Crippen molar-refractivity contribution in [3.05, 3.63) is 65.7 Å². The Balaban J connectivity index is 2.21. The van der Waals surface area contributed by atoms with E-state index in [1.54, 1.807) is 31.4 Å². The topological polar surface area (TPSA) is 65.0 Å². The van der Waals surface area contributed by atoms with E-state index in [0.29, 0.717) is 29.4 Å². The molecule has 1 N–H and O–H groups in total. The fraction of sp³-hybridized carbons (Fsp3) is 0.208. The zero-order valence-electron chi connectivity index (χ0n) is 16.8. The van der Waals surface area contributed by atoms with Crippen LogP contribution in [0, 0.1) is 0 Å². The molecule has 3 aromatic rings. The second-order valence-electron chi connectivity index (χ2n) is 6.48. The number of fused-ring (bicyclic) bond motifs is 1. The van der Waals surface area contributed by atoms with Crippen molar-refractivity contribution in [3.63, 3.8) is 0 Å². The molecular weight excluding hydrogens is 368 g/mol. The maximum atomic E-state index is 12.1. The molecule has 0 aliphatic heterocycles. The average Bonchev–Trinajstić information content (AvgIpc) is 2.75. The van der Waals surface area contributed by atoms with Gasteiger partial charge in [-0.2, -0.15) is 0 Å². The number of hydrogen-bond donors (Lipinski definition) is 1. The van der Waals surface area contributed by atoms with Crippen LogP contribution in [0.4, 0.5) is 0 Å². The Morgan fingerprint density at radius 2 is 1.69 bits per heavy atom. The molecule has 0 atom stereocenters. The van der Waals surface area contributed by atoms with Crippen molar-refractivity contribution >= 4 is 28.4 Å². The molecule has 5 nitrogen and oxygen atoms in total. The Bertz CT molecular complexity index is 1050. The van der Waals surface area contributed by atoms with Crippen molar-refractivity contribution in [1.29, 1.82) is 0 Å². The monoisotopic (exact) mass is 392 g/mol. The van der Waals surface area contributed by atoms with Gasteiger partial charge in [-0.3, -0.25) is 0 Å². The minimum absolute atomic E-state index is 0.142. The number of carboxylic acid groups (broad SMARTS) is 1. The van der Waals surface area contributed by atoms with Gasteiger partial charge >= 0.3 is 5.97 Å². The first-order valence-electron chi connectivity index (χ1n) is 9.41. The van der Waals surface area contributed by atoms with E-state index in [1.807, 2.05) is 43.3 Å². The lowest BCUT2D eigenvalue weighted by molar-refractivity contribution is -0.130. The predicted molar refractivity (Wildman–Crippen MR) is 115 cm³/mol. The van der Waals surface area contributed by atoms with Gasteiger partial charge in [0, 0.05) is 5.56 Å². The SMILES string of the molecule is CCCOc1ccc2ccccc2c1/C=C(/C(=O)O)c1ccc(OC)c(OC)c1. The molecule has 29 heavy (non-hydrogen) atoms. The van der Waals surface area contributed by atoms with Crippen molar-refractivity contribution in [2.45, 2.75) is 13.3 Å². The summed E-state index contributed by atoms with van der Waals surface area (Å²) in [5.74, 6) is 0.631. The van der Waals surface area contributed by atoms with E-state index in [0.717, 1.165) is 22.8 Å². The van der Waals surface area contributed by atoms with Crippen LogP contribution in [0.3, 0.4) is 0 Å². The van der Waals surface area contributed by atoms with Crippen molar-refractivity contribution in [1.82, 2.24) is 0 Å². The summed E-state index contributed by atoms with van der Waals surface area (Å²) in [6, 6.07) is 16.8. The number of methoxy groups -OCH3 is 2. The lowest BCUT2D eigenvalue weighted by Gasteiger charge is -2.14. The van der Waals surface area contributed by atoms with Gasteiger partial charge in [0.05, 0.1) is 26.4 Å². The van der Waals surface area contributed by atoms with Gasteiger partial charge in [0.1, 0.15) is 5.75 Å². The number of aliphatic carboxylic acids is 1. The molecule has 0 aromatic heterocycles. The van der Waals surface area contributed by atoms with E-state index in [4.69, 9.17) is 14.2 Å². The summed E-state index contributed by atoms with van der Waals surface area (Å²) in [4.78, 5) is 12.1. The van der Waals surface area contributed by atoms with Crippen LogP contribution in [-0.4, -0.2) is 31.9 Å². The van der Waals surface area contributed by atoms with Gasteiger partial charge in [-0.05, 0) is 47.0 Å². The smallest absolute Gasteiger partial charge is 0.336 e. The van der Waals surface area contributed by atoms with Gasteiger partial charge in [0.2, 0.25) is 0 Å². The van der Waals surface area contributed by atoms with Crippen molar-refractivity contribution in [2.24, 2.45) is 0 Å². The molecule has 0 spiro atoms. The molecular formula is C24H24O5. The lowest BCUT2D eigenvalue weighted by atomic mass is 9.98. The highest BCUT2D eigenvalue weighted by Crippen LogP contribution is 2.35. The van der Waals surface area contributed by atoms with Crippen molar-refractivity contribution < 1.29 is 24.1 Å². The molecule has 0 radical (unpaired) electrons. The highest BCUT2D eigenvalue weighted by Gasteiger charge is 2.16. The molecule has 0 saturated heterocycles. The summed E-state index contributed by atoms with van der Waals surface area (Å²) in [5, 5.41) is 11.9. The van der Waals surface area contributed by atoms with Crippen LogP contribution in [0.15, 0.2) is 54.6 Å². The second kappa shape index (κ2) is 9.15. The maximum absolute atomic E-state index is 12.1.